The number of thioether (sulfide) groups is 1. The van der Waals surface area contributed by atoms with Crippen LogP contribution in [0.4, 0.5) is 0 Å². The van der Waals surface area contributed by atoms with Crippen LogP contribution >= 0.6 is 35.3 Å². The molecule has 100 valence electrons. The number of benzene rings is 1. The molecule has 7 heteroatoms. The lowest BCUT2D eigenvalue weighted by atomic mass is 10.1. The standard InChI is InChI=1S/C12H11NO2S4/c1-17-12-13-9(8-6-4-3-5-7-8)10(11(16)18-12)19(2,14)15/h3-7H,1-2H3. The summed E-state index contributed by atoms with van der Waals surface area (Å²) in [6, 6.07) is 9.24. The minimum absolute atomic E-state index is 0.150. The fraction of sp³-hybridized carbons (Fsp3) is 0.167. The molecule has 0 unspecified atom stereocenters. The van der Waals surface area contributed by atoms with Gasteiger partial charge < -0.3 is 0 Å². The molecule has 0 aliphatic heterocycles. The molecule has 0 saturated carbocycles. The van der Waals surface area contributed by atoms with Crippen LogP contribution in [0.2, 0.25) is 0 Å². The molecule has 0 spiro atoms. The van der Waals surface area contributed by atoms with Crippen molar-refractivity contribution in [2.45, 2.75) is 9.24 Å². The molecule has 0 atom stereocenters. The van der Waals surface area contributed by atoms with Crippen molar-refractivity contribution in [1.29, 1.82) is 0 Å². The van der Waals surface area contributed by atoms with E-state index in [0.29, 0.717) is 9.52 Å². The van der Waals surface area contributed by atoms with Gasteiger partial charge in [-0.25, -0.2) is 13.4 Å². The van der Waals surface area contributed by atoms with E-state index in [-0.39, 0.29) is 4.90 Å². The van der Waals surface area contributed by atoms with Crippen molar-refractivity contribution in [3.63, 3.8) is 0 Å². The molecule has 0 amide bonds. The third-order valence-electron chi connectivity index (χ3n) is 2.38. The van der Waals surface area contributed by atoms with E-state index in [4.69, 9.17) is 12.2 Å². The van der Waals surface area contributed by atoms with Crippen LogP contribution in [0.5, 0.6) is 0 Å². The fourth-order valence-electron chi connectivity index (χ4n) is 1.59. The van der Waals surface area contributed by atoms with E-state index in [9.17, 15) is 8.42 Å². The largest absolute Gasteiger partial charge is 0.229 e. The number of sulfone groups is 1. The van der Waals surface area contributed by atoms with Gasteiger partial charge in [0.05, 0.1) is 5.69 Å². The van der Waals surface area contributed by atoms with Gasteiger partial charge in [-0.3, -0.25) is 0 Å². The lowest BCUT2D eigenvalue weighted by molar-refractivity contribution is 0.602. The first-order valence-corrected chi connectivity index (χ1v) is 9.62. The highest BCUT2D eigenvalue weighted by Crippen LogP contribution is 2.32. The Hall–Kier alpha value is -0.760. The summed E-state index contributed by atoms with van der Waals surface area (Å²) in [6.45, 7) is 0. The second-order valence-electron chi connectivity index (χ2n) is 3.79. The van der Waals surface area contributed by atoms with Gasteiger partial charge in [0.1, 0.15) is 8.72 Å². The Balaban J connectivity index is 2.85. The van der Waals surface area contributed by atoms with Crippen molar-refractivity contribution in [3.8, 4) is 11.3 Å². The van der Waals surface area contributed by atoms with Crippen molar-refractivity contribution in [2.24, 2.45) is 0 Å². The molecule has 0 aliphatic rings. The van der Waals surface area contributed by atoms with Gasteiger partial charge in [-0.1, -0.05) is 65.6 Å². The molecule has 1 aromatic heterocycles. The van der Waals surface area contributed by atoms with Crippen LogP contribution in [0.1, 0.15) is 0 Å². The van der Waals surface area contributed by atoms with Crippen molar-refractivity contribution in [3.05, 3.63) is 34.2 Å². The molecule has 0 N–H and O–H groups in total. The van der Waals surface area contributed by atoms with E-state index in [1.807, 2.05) is 36.6 Å². The summed E-state index contributed by atoms with van der Waals surface area (Å²) in [5.41, 5.74) is 1.20. The molecule has 0 fully saturated rings. The molecule has 0 saturated heterocycles. The van der Waals surface area contributed by atoms with Crippen LogP contribution in [0.15, 0.2) is 39.6 Å². The molecular formula is C12H11NO2S4. The Kier molecular flexibility index (Phi) is 4.39. The predicted molar refractivity (Wildman–Crippen MR) is 83.3 cm³/mol. The highest BCUT2D eigenvalue weighted by atomic mass is 32.2. The fourth-order valence-corrected chi connectivity index (χ4v) is 5.19. The molecule has 0 bridgehead atoms. The topological polar surface area (TPSA) is 47.0 Å². The maximum atomic E-state index is 11.9. The normalized spacial score (nSPS) is 11.5. The van der Waals surface area contributed by atoms with E-state index in [1.54, 1.807) is 0 Å². The molecule has 1 aromatic carbocycles. The van der Waals surface area contributed by atoms with Crippen LogP contribution in [0, 0.1) is 3.82 Å². The zero-order chi connectivity index (χ0) is 14.0. The van der Waals surface area contributed by atoms with Gasteiger partial charge in [0.15, 0.2) is 14.2 Å². The van der Waals surface area contributed by atoms with Crippen LogP contribution in [-0.4, -0.2) is 25.9 Å². The Morgan fingerprint density at radius 2 is 1.89 bits per heavy atom. The van der Waals surface area contributed by atoms with Gasteiger partial charge in [0, 0.05) is 11.8 Å². The highest BCUT2D eigenvalue weighted by Gasteiger charge is 2.20. The third kappa shape index (κ3) is 3.22. The van der Waals surface area contributed by atoms with E-state index in [2.05, 4.69) is 4.98 Å². The maximum absolute atomic E-state index is 11.9. The van der Waals surface area contributed by atoms with Crippen LogP contribution in [-0.2, 0) is 9.84 Å². The summed E-state index contributed by atoms with van der Waals surface area (Å²) in [6.07, 6.45) is 3.06. The summed E-state index contributed by atoms with van der Waals surface area (Å²) in [4.78, 5) is 4.57. The molecule has 0 radical (unpaired) electrons. The Labute approximate surface area is 125 Å². The monoisotopic (exact) mass is 329 g/mol. The first kappa shape index (κ1) is 14.6. The van der Waals surface area contributed by atoms with Crippen LogP contribution in [0.25, 0.3) is 11.3 Å². The van der Waals surface area contributed by atoms with Gasteiger partial charge in [-0.2, -0.15) is 0 Å². The molecule has 2 rings (SSSR count). The quantitative estimate of drug-likeness (QED) is 0.635. The minimum Gasteiger partial charge on any atom is -0.229 e. The average molecular weight is 329 g/mol. The zero-order valence-corrected chi connectivity index (χ0v) is 13.5. The summed E-state index contributed by atoms with van der Waals surface area (Å²) < 4.78 is 25.0. The van der Waals surface area contributed by atoms with Gasteiger partial charge in [0.2, 0.25) is 0 Å². The molecular weight excluding hydrogens is 318 g/mol. The number of rotatable bonds is 3. The second-order valence-corrected chi connectivity index (χ2v) is 8.46. The summed E-state index contributed by atoms with van der Waals surface area (Å²) in [5, 5.41) is 0. The number of hydrogen-bond acceptors (Lipinski definition) is 6. The van der Waals surface area contributed by atoms with E-state index in [0.717, 1.165) is 16.2 Å². The van der Waals surface area contributed by atoms with Crippen LogP contribution in [0.3, 0.4) is 0 Å². The Morgan fingerprint density at radius 1 is 1.26 bits per heavy atom. The van der Waals surface area contributed by atoms with E-state index >= 15 is 0 Å². The number of hydrogen-bond donors (Lipinski definition) is 0. The zero-order valence-electron chi connectivity index (χ0n) is 10.3. The van der Waals surface area contributed by atoms with Gasteiger partial charge >= 0.3 is 0 Å². The molecule has 2 aromatic rings. The Bertz CT molecular complexity index is 751. The highest BCUT2D eigenvalue weighted by molar-refractivity contribution is 8.00. The number of aromatic nitrogens is 1. The maximum Gasteiger partial charge on any atom is 0.179 e. The van der Waals surface area contributed by atoms with Gasteiger partial charge in [0.25, 0.3) is 0 Å². The molecule has 1 heterocycles. The van der Waals surface area contributed by atoms with Gasteiger partial charge in [-0.15, -0.1) is 0 Å². The third-order valence-corrected chi connectivity index (χ3v) is 6.07. The predicted octanol–water partition coefficient (Wildman–Crippen LogP) is 3.66. The van der Waals surface area contributed by atoms with Crippen LogP contribution < -0.4 is 0 Å². The lowest BCUT2D eigenvalue weighted by Gasteiger charge is -2.08. The summed E-state index contributed by atoms with van der Waals surface area (Å²) in [7, 11) is -3.40. The first-order valence-electron chi connectivity index (χ1n) is 5.28. The minimum atomic E-state index is -3.40. The SMILES string of the molecule is CSc1nc(-c2ccccc2)c(S(C)(=O)=O)c(=S)s1. The second kappa shape index (κ2) is 5.70. The van der Waals surface area contributed by atoms with Crippen molar-refractivity contribution >= 4 is 45.2 Å². The Morgan fingerprint density at radius 3 is 2.42 bits per heavy atom. The smallest absolute Gasteiger partial charge is 0.179 e. The average Bonchev–Trinajstić information content (AvgIpc) is 2.37. The first-order chi connectivity index (χ1) is 8.93. The van der Waals surface area contributed by atoms with Crippen molar-refractivity contribution in [2.75, 3.05) is 12.5 Å². The van der Waals surface area contributed by atoms with Crippen molar-refractivity contribution < 1.29 is 8.42 Å². The van der Waals surface area contributed by atoms with Gasteiger partial charge in [-0.05, 0) is 6.26 Å². The lowest BCUT2D eigenvalue weighted by Crippen LogP contribution is -2.02. The van der Waals surface area contributed by atoms with E-state index < -0.39 is 9.84 Å². The van der Waals surface area contributed by atoms with E-state index in [1.165, 1.54) is 23.1 Å². The molecule has 19 heavy (non-hydrogen) atoms. The summed E-state index contributed by atoms with van der Waals surface area (Å²) >= 11 is 7.91. The van der Waals surface area contributed by atoms with Crippen molar-refractivity contribution in [1.82, 2.24) is 4.98 Å². The molecule has 0 aliphatic carbocycles. The number of nitrogens with zero attached hydrogens (tertiary/aromatic N) is 1. The summed E-state index contributed by atoms with van der Waals surface area (Å²) in [5.74, 6) is 0. The molecule has 3 nitrogen and oxygen atoms in total.